The molecule has 19 heavy (non-hydrogen) atoms. The molecule has 0 radical (unpaired) electrons. The van der Waals surface area contributed by atoms with Crippen LogP contribution in [0.5, 0.6) is 0 Å². The first-order valence-electron chi connectivity index (χ1n) is 5.60. The maximum Gasteiger partial charge on any atom is 0.417 e. The van der Waals surface area contributed by atoms with E-state index >= 15 is 0 Å². The Hall–Kier alpha value is -1.05. The topological polar surface area (TPSA) is 54.4 Å². The summed E-state index contributed by atoms with van der Waals surface area (Å²) in [5.74, 6) is 0.205. The fourth-order valence-electron chi connectivity index (χ4n) is 1.27. The monoisotopic (exact) mass is 298 g/mol. The molecule has 4 nitrogen and oxygen atoms in total. The number of nitrogens with one attached hydrogen (secondary N) is 1. The van der Waals surface area contributed by atoms with E-state index < -0.39 is 11.7 Å². The van der Waals surface area contributed by atoms with E-state index in [4.69, 9.17) is 21.4 Å². The highest BCUT2D eigenvalue weighted by Crippen LogP contribution is 2.32. The van der Waals surface area contributed by atoms with Gasteiger partial charge in [-0.2, -0.15) is 13.2 Å². The number of aromatic nitrogens is 1. The molecule has 8 heteroatoms. The second-order valence-electron chi connectivity index (χ2n) is 3.67. The number of alkyl halides is 3. The van der Waals surface area contributed by atoms with Crippen molar-refractivity contribution < 1.29 is 23.0 Å². The quantitative estimate of drug-likeness (QED) is 0.760. The van der Waals surface area contributed by atoms with Gasteiger partial charge in [0, 0.05) is 19.3 Å². The van der Waals surface area contributed by atoms with Crippen LogP contribution in [0.4, 0.5) is 19.0 Å². The molecule has 0 saturated carbocycles. The van der Waals surface area contributed by atoms with E-state index in [9.17, 15) is 13.2 Å². The lowest BCUT2D eigenvalue weighted by molar-refractivity contribution is -0.137. The maximum atomic E-state index is 12.4. The molecule has 0 aliphatic rings. The molecule has 0 bridgehead atoms. The van der Waals surface area contributed by atoms with Gasteiger partial charge in [0.25, 0.3) is 0 Å². The van der Waals surface area contributed by atoms with Crippen molar-refractivity contribution in [3.8, 4) is 0 Å². The number of aliphatic hydroxyl groups excluding tert-OH is 1. The molecule has 108 valence electrons. The highest BCUT2D eigenvalue weighted by atomic mass is 35.5. The summed E-state index contributed by atoms with van der Waals surface area (Å²) in [4.78, 5) is 3.63. The van der Waals surface area contributed by atoms with Crippen LogP contribution in [0.15, 0.2) is 12.3 Å². The first-order valence-corrected chi connectivity index (χ1v) is 5.98. The van der Waals surface area contributed by atoms with E-state index in [-0.39, 0.29) is 24.1 Å². The van der Waals surface area contributed by atoms with Crippen molar-refractivity contribution in [3.63, 3.8) is 0 Å². The molecule has 1 aromatic rings. The number of halogens is 4. The Labute approximate surface area is 113 Å². The zero-order valence-corrected chi connectivity index (χ0v) is 10.8. The number of aliphatic hydroxyl groups is 1. The Bertz CT molecular complexity index is 402. The fraction of sp³-hybridized carbons (Fsp3) is 0.545. The molecule has 0 aromatic carbocycles. The van der Waals surface area contributed by atoms with E-state index in [0.29, 0.717) is 19.6 Å². The molecule has 0 unspecified atom stereocenters. The molecule has 1 rings (SSSR count). The Morgan fingerprint density at radius 2 is 2.11 bits per heavy atom. The summed E-state index contributed by atoms with van der Waals surface area (Å²) in [5, 5.41) is 11.2. The zero-order chi connectivity index (χ0) is 14.3. The number of nitrogens with zero attached hydrogens (tertiary/aromatic N) is 1. The summed E-state index contributed by atoms with van der Waals surface area (Å²) in [7, 11) is 0. The molecule has 0 atom stereocenters. The van der Waals surface area contributed by atoms with Crippen LogP contribution in [0.25, 0.3) is 0 Å². The highest BCUT2D eigenvalue weighted by molar-refractivity contribution is 6.32. The fourth-order valence-corrected chi connectivity index (χ4v) is 1.50. The van der Waals surface area contributed by atoms with Crippen molar-refractivity contribution >= 4 is 17.4 Å². The minimum absolute atomic E-state index is 0.0419. The largest absolute Gasteiger partial charge is 0.417 e. The minimum Gasteiger partial charge on any atom is -0.394 e. The van der Waals surface area contributed by atoms with Gasteiger partial charge in [0.15, 0.2) is 0 Å². The first-order chi connectivity index (χ1) is 8.95. The van der Waals surface area contributed by atoms with E-state index in [2.05, 4.69) is 10.3 Å². The molecular formula is C11H14ClF3N2O2. The molecule has 1 aromatic heterocycles. The summed E-state index contributed by atoms with van der Waals surface area (Å²) in [6.45, 7) is 1.12. The van der Waals surface area contributed by atoms with Gasteiger partial charge in [-0.15, -0.1) is 0 Å². The van der Waals surface area contributed by atoms with Gasteiger partial charge in [0.1, 0.15) is 5.82 Å². The van der Waals surface area contributed by atoms with Crippen LogP contribution in [0, 0.1) is 0 Å². The van der Waals surface area contributed by atoms with Gasteiger partial charge in [0.2, 0.25) is 0 Å². The molecule has 0 aliphatic carbocycles. The molecule has 0 amide bonds. The lowest BCUT2D eigenvalue weighted by Crippen LogP contribution is -2.10. The van der Waals surface area contributed by atoms with Crippen molar-refractivity contribution in [2.75, 3.05) is 31.7 Å². The summed E-state index contributed by atoms with van der Waals surface area (Å²) in [6, 6.07) is 0.832. The van der Waals surface area contributed by atoms with E-state index in [1.54, 1.807) is 0 Å². The molecule has 0 spiro atoms. The third kappa shape index (κ3) is 5.63. The van der Waals surface area contributed by atoms with Crippen LogP contribution in [-0.4, -0.2) is 36.5 Å². The van der Waals surface area contributed by atoms with E-state index in [1.807, 2.05) is 0 Å². The van der Waals surface area contributed by atoms with Crippen LogP contribution >= 0.6 is 11.6 Å². The molecule has 0 saturated heterocycles. The van der Waals surface area contributed by atoms with Gasteiger partial charge in [-0.3, -0.25) is 0 Å². The van der Waals surface area contributed by atoms with Crippen molar-refractivity contribution in [2.45, 2.75) is 12.6 Å². The molecular weight excluding hydrogens is 285 g/mol. The summed E-state index contributed by atoms with van der Waals surface area (Å²) >= 11 is 5.71. The summed E-state index contributed by atoms with van der Waals surface area (Å²) < 4.78 is 42.1. The summed E-state index contributed by atoms with van der Waals surface area (Å²) in [6.07, 6.45) is -3.09. The first kappa shape index (κ1) is 16.0. The van der Waals surface area contributed by atoms with Gasteiger partial charge in [0.05, 0.1) is 23.8 Å². The lowest BCUT2D eigenvalue weighted by Gasteiger charge is -2.10. The number of ether oxygens (including phenoxy) is 1. The highest BCUT2D eigenvalue weighted by Gasteiger charge is 2.31. The van der Waals surface area contributed by atoms with Crippen molar-refractivity contribution in [2.24, 2.45) is 0 Å². The Morgan fingerprint density at radius 3 is 2.68 bits per heavy atom. The van der Waals surface area contributed by atoms with Gasteiger partial charge in [-0.1, -0.05) is 11.6 Å². The molecule has 2 N–H and O–H groups in total. The Balaban J connectivity index is 2.43. The second-order valence-corrected chi connectivity index (χ2v) is 4.08. The standard InChI is InChI=1S/C11H14ClF3N2O2/c12-9-6-8(11(13,14)15)7-17-10(9)16-2-1-4-19-5-3-18/h6-7,18H,1-5H2,(H,16,17). The number of hydrogen-bond donors (Lipinski definition) is 2. The predicted octanol–water partition coefficient (Wildman–Crippen LogP) is 2.56. The van der Waals surface area contributed by atoms with Gasteiger partial charge in [-0.25, -0.2) is 4.98 Å². The second kappa shape index (κ2) is 7.52. The Morgan fingerprint density at radius 1 is 1.37 bits per heavy atom. The summed E-state index contributed by atoms with van der Waals surface area (Å²) in [5.41, 5.74) is -0.880. The zero-order valence-electron chi connectivity index (χ0n) is 10.0. The maximum absolute atomic E-state index is 12.4. The number of hydrogen-bond acceptors (Lipinski definition) is 4. The van der Waals surface area contributed by atoms with Crippen molar-refractivity contribution in [1.82, 2.24) is 4.98 Å². The number of rotatable bonds is 7. The van der Waals surface area contributed by atoms with E-state index in [1.165, 1.54) is 0 Å². The molecule has 1 heterocycles. The number of anilines is 1. The van der Waals surface area contributed by atoms with Gasteiger partial charge >= 0.3 is 6.18 Å². The van der Waals surface area contributed by atoms with Gasteiger partial charge in [-0.05, 0) is 12.5 Å². The molecule has 0 fully saturated rings. The van der Waals surface area contributed by atoms with E-state index in [0.717, 1.165) is 12.3 Å². The Kier molecular flexibility index (Phi) is 6.33. The van der Waals surface area contributed by atoms with Crippen molar-refractivity contribution in [3.05, 3.63) is 22.8 Å². The van der Waals surface area contributed by atoms with Crippen LogP contribution in [0.2, 0.25) is 5.02 Å². The smallest absolute Gasteiger partial charge is 0.394 e. The van der Waals surface area contributed by atoms with Gasteiger partial charge < -0.3 is 15.2 Å². The van der Waals surface area contributed by atoms with Crippen LogP contribution in [-0.2, 0) is 10.9 Å². The average Bonchev–Trinajstić information content (AvgIpc) is 2.34. The van der Waals surface area contributed by atoms with Crippen LogP contribution < -0.4 is 5.32 Å². The predicted molar refractivity (Wildman–Crippen MR) is 65.3 cm³/mol. The third-order valence-corrected chi connectivity index (χ3v) is 2.45. The van der Waals surface area contributed by atoms with Crippen LogP contribution in [0.3, 0.4) is 0 Å². The third-order valence-electron chi connectivity index (χ3n) is 2.16. The molecule has 0 aliphatic heterocycles. The average molecular weight is 299 g/mol. The van der Waals surface area contributed by atoms with Crippen LogP contribution in [0.1, 0.15) is 12.0 Å². The SMILES string of the molecule is OCCOCCCNc1ncc(C(F)(F)F)cc1Cl. The minimum atomic E-state index is -4.45. The number of pyridine rings is 1. The lowest BCUT2D eigenvalue weighted by atomic mass is 10.3. The van der Waals surface area contributed by atoms with Crippen molar-refractivity contribution in [1.29, 1.82) is 0 Å². The normalized spacial score (nSPS) is 11.6.